The van der Waals surface area contributed by atoms with Crippen LogP contribution in [0.25, 0.3) is 0 Å². The zero-order chi connectivity index (χ0) is 16.5. The van der Waals surface area contributed by atoms with Crippen LogP contribution in [-0.4, -0.2) is 43.8 Å². The standard InChI is InChI=1S/C19H30N2O2/c1-3-23-15-17-8-7-13-21(14-17)19(22)20-12-11-16(2)18-9-5-4-6-10-18/h4-6,9-10,16-17H,3,7-8,11-15H2,1-2H3,(H,20,22)/t16-,17-/m0/s1. The summed E-state index contributed by atoms with van der Waals surface area (Å²) in [4.78, 5) is 14.3. The number of likely N-dealkylation sites (tertiary alicyclic amines) is 1. The van der Waals surface area contributed by atoms with Crippen molar-refractivity contribution in [3.8, 4) is 0 Å². The van der Waals surface area contributed by atoms with Gasteiger partial charge < -0.3 is 15.0 Å². The lowest BCUT2D eigenvalue weighted by atomic mass is 9.98. The van der Waals surface area contributed by atoms with Crippen LogP contribution in [0.2, 0.25) is 0 Å². The lowest BCUT2D eigenvalue weighted by Gasteiger charge is -2.32. The molecule has 1 N–H and O–H groups in total. The van der Waals surface area contributed by atoms with E-state index in [0.29, 0.717) is 11.8 Å². The van der Waals surface area contributed by atoms with Crippen LogP contribution in [0, 0.1) is 5.92 Å². The highest BCUT2D eigenvalue weighted by Crippen LogP contribution is 2.19. The maximum Gasteiger partial charge on any atom is 0.317 e. The minimum Gasteiger partial charge on any atom is -0.381 e. The van der Waals surface area contributed by atoms with Crippen LogP contribution >= 0.6 is 0 Å². The van der Waals surface area contributed by atoms with E-state index >= 15 is 0 Å². The van der Waals surface area contributed by atoms with Crippen molar-refractivity contribution in [2.24, 2.45) is 5.92 Å². The van der Waals surface area contributed by atoms with Gasteiger partial charge in [0.25, 0.3) is 0 Å². The SMILES string of the molecule is CCOC[C@H]1CCCN(C(=O)NCC[C@H](C)c2ccccc2)C1. The number of hydrogen-bond donors (Lipinski definition) is 1. The fourth-order valence-corrected chi connectivity index (χ4v) is 3.13. The number of hydrogen-bond acceptors (Lipinski definition) is 2. The van der Waals surface area contributed by atoms with Crippen LogP contribution in [0.15, 0.2) is 30.3 Å². The minimum absolute atomic E-state index is 0.0754. The molecule has 0 bridgehead atoms. The molecule has 0 spiro atoms. The van der Waals surface area contributed by atoms with E-state index in [1.807, 2.05) is 17.9 Å². The second kappa shape index (κ2) is 9.56. The molecule has 0 saturated carbocycles. The number of amides is 2. The van der Waals surface area contributed by atoms with Gasteiger partial charge in [0.2, 0.25) is 0 Å². The summed E-state index contributed by atoms with van der Waals surface area (Å²) in [6, 6.07) is 10.5. The van der Waals surface area contributed by atoms with Gasteiger partial charge in [0.05, 0.1) is 6.61 Å². The first-order valence-corrected chi connectivity index (χ1v) is 8.86. The first-order valence-electron chi connectivity index (χ1n) is 8.86. The van der Waals surface area contributed by atoms with Crippen molar-refractivity contribution in [1.82, 2.24) is 10.2 Å². The van der Waals surface area contributed by atoms with E-state index in [2.05, 4.69) is 36.5 Å². The van der Waals surface area contributed by atoms with Crippen molar-refractivity contribution < 1.29 is 9.53 Å². The highest BCUT2D eigenvalue weighted by atomic mass is 16.5. The Morgan fingerprint density at radius 3 is 2.91 bits per heavy atom. The van der Waals surface area contributed by atoms with Crippen LogP contribution in [0.1, 0.15) is 44.6 Å². The Balaban J connectivity index is 1.70. The summed E-state index contributed by atoms with van der Waals surface area (Å²) in [6.45, 7) is 8.15. The quantitative estimate of drug-likeness (QED) is 0.834. The number of nitrogens with zero attached hydrogens (tertiary/aromatic N) is 1. The molecule has 0 unspecified atom stereocenters. The van der Waals surface area contributed by atoms with E-state index in [0.717, 1.165) is 52.1 Å². The molecule has 1 aliphatic rings. The summed E-state index contributed by atoms with van der Waals surface area (Å²) in [5.41, 5.74) is 1.33. The highest BCUT2D eigenvalue weighted by Gasteiger charge is 2.23. The van der Waals surface area contributed by atoms with Crippen LogP contribution in [-0.2, 0) is 4.74 Å². The Hall–Kier alpha value is -1.55. The normalized spacial score (nSPS) is 19.4. The lowest BCUT2D eigenvalue weighted by Crippen LogP contribution is -2.46. The molecule has 1 fully saturated rings. The number of benzene rings is 1. The maximum absolute atomic E-state index is 12.3. The molecule has 0 radical (unpaired) electrons. The minimum atomic E-state index is 0.0754. The number of carbonyl (C=O) groups is 1. The average molecular weight is 318 g/mol. The van der Waals surface area contributed by atoms with E-state index in [1.54, 1.807) is 0 Å². The summed E-state index contributed by atoms with van der Waals surface area (Å²) in [5.74, 6) is 0.946. The molecule has 0 aromatic heterocycles. The van der Waals surface area contributed by atoms with Gasteiger partial charge in [-0.2, -0.15) is 0 Å². The second-order valence-electron chi connectivity index (χ2n) is 6.45. The first kappa shape index (κ1) is 17.8. The molecule has 1 heterocycles. The first-order chi connectivity index (χ1) is 11.2. The molecule has 1 aliphatic heterocycles. The molecule has 2 rings (SSSR count). The molecule has 128 valence electrons. The molecule has 1 aromatic carbocycles. The van der Waals surface area contributed by atoms with Gasteiger partial charge in [-0.3, -0.25) is 0 Å². The predicted octanol–water partition coefficient (Wildman–Crippen LogP) is 3.64. The molecule has 23 heavy (non-hydrogen) atoms. The van der Waals surface area contributed by atoms with Gasteiger partial charge in [-0.1, -0.05) is 37.3 Å². The van der Waals surface area contributed by atoms with Crippen LogP contribution < -0.4 is 5.32 Å². The molecule has 2 atom stereocenters. The van der Waals surface area contributed by atoms with Crippen molar-refractivity contribution in [2.75, 3.05) is 32.8 Å². The number of nitrogens with one attached hydrogen (secondary N) is 1. The Kier molecular flexibility index (Phi) is 7.40. The fraction of sp³-hybridized carbons (Fsp3) is 0.632. The van der Waals surface area contributed by atoms with Gasteiger partial charge in [0, 0.05) is 32.2 Å². The van der Waals surface area contributed by atoms with Crippen LogP contribution in [0.4, 0.5) is 4.79 Å². The second-order valence-corrected chi connectivity index (χ2v) is 6.45. The molecular weight excluding hydrogens is 288 g/mol. The predicted molar refractivity (Wildman–Crippen MR) is 93.7 cm³/mol. The number of urea groups is 1. The van der Waals surface area contributed by atoms with Gasteiger partial charge in [-0.05, 0) is 37.7 Å². The summed E-state index contributed by atoms with van der Waals surface area (Å²) in [6.07, 6.45) is 3.20. The van der Waals surface area contributed by atoms with E-state index in [9.17, 15) is 4.79 Å². The van der Waals surface area contributed by atoms with E-state index in [4.69, 9.17) is 4.74 Å². The number of rotatable bonds is 7. The Labute approximate surface area is 140 Å². The van der Waals surface area contributed by atoms with Gasteiger partial charge in [0.15, 0.2) is 0 Å². The Bertz CT molecular complexity index is 464. The summed E-state index contributed by atoms with van der Waals surface area (Å²) in [5, 5.41) is 3.08. The zero-order valence-corrected chi connectivity index (χ0v) is 14.5. The van der Waals surface area contributed by atoms with E-state index in [1.165, 1.54) is 5.56 Å². The molecular formula is C19H30N2O2. The number of ether oxygens (including phenoxy) is 1. The van der Waals surface area contributed by atoms with Crippen molar-refractivity contribution >= 4 is 6.03 Å². The van der Waals surface area contributed by atoms with Gasteiger partial charge in [0.1, 0.15) is 0 Å². The Morgan fingerprint density at radius 1 is 1.39 bits per heavy atom. The largest absolute Gasteiger partial charge is 0.381 e. The fourth-order valence-electron chi connectivity index (χ4n) is 3.13. The summed E-state index contributed by atoms with van der Waals surface area (Å²) >= 11 is 0. The van der Waals surface area contributed by atoms with Gasteiger partial charge >= 0.3 is 6.03 Å². The van der Waals surface area contributed by atoms with Gasteiger partial charge in [-0.15, -0.1) is 0 Å². The third-order valence-electron chi connectivity index (χ3n) is 4.59. The highest BCUT2D eigenvalue weighted by molar-refractivity contribution is 5.74. The summed E-state index contributed by atoms with van der Waals surface area (Å²) < 4.78 is 5.50. The van der Waals surface area contributed by atoms with E-state index < -0.39 is 0 Å². The van der Waals surface area contributed by atoms with Crippen molar-refractivity contribution in [2.45, 2.75) is 39.0 Å². The van der Waals surface area contributed by atoms with Gasteiger partial charge in [-0.25, -0.2) is 4.79 Å². The average Bonchev–Trinajstić information content (AvgIpc) is 2.60. The van der Waals surface area contributed by atoms with Crippen molar-refractivity contribution in [3.05, 3.63) is 35.9 Å². The molecule has 4 heteroatoms. The molecule has 0 aliphatic carbocycles. The molecule has 1 aromatic rings. The lowest BCUT2D eigenvalue weighted by molar-refractivity contribution is 0.0756. The van der Waals surface area contributed by atoms with Crippen LogP contribution in [0.3, 0.4) is 0 Å². The molecule has 4 nitrogen and oxygen atoms in total. The third-order valence-corrected chi connectivity index (χ3v) is 4.59. The smallest absolute Gasteiger partial charge is 0.317 e. The zero-order valence-electron chi connectivity index (χ0n) is 14.5. The maximum atomic E-state index is 12.3. The van der Waals surface area contributed by atoms with Crippen LogP contribution in [0.5, 0.6) is 0 Å². The molecule has 1 saturated heterocycles. The summed E-state index contributed by atoms with van der Waals surface area (Å²) in [7, 11) is 0. The monoisotopic (exact) mass is 318 g/mol. The topological polar surface area (TPSA) is 41.6 Å². The number of carbonyl (C=O) groups excluding carboxylic acids is 1. The third kappa shape index (κ3) is 5.87. The van der Waals surface area contributed by atoms with Crippen molar-refractivity contribution in [3.63, 3.8) is 0 Å². The molecule has 2 amide bonds. The Morgan fingerprint density at radius 2 is 2.17 bits per heavy atom. The van der Waals surface area contributed by atoms with E-state index in [-0.39, 0.29) is 6.03 Å². The van der Waals surface area contributed by atoms with Crippen molar-refractivity contribution in [1.29, 1.82) is 0 Å². The number of piperidine rings is 1.